The van der Waals surface area contributed by atoms with Crippen LogP contribution in [0.2, 0.25) is 0 Å². The SMILES string of the molecule is CC(=O)c1ccc(O)c2[nH]c(=O)ccc12.CC(=O)c1ccc(O)c2[nH]c(=O)ccc12. The second-order valence-corrected chi connectivity index (χ2v) is 6.60. The number of carbonyl (C=O) groups excluding carboxylic acids is 2. The minimum atomic E-state index is -0.307. The summed E-state index contributed by atoms with van der Waals surface area (Å²) in [6, 6.07) is 11.6. The molecule has 2 heterocycles. The summed E-state index contributed by atoms with van der Waals surface area (Å²) in [5.74, 6) is -0.278. The predicted molar refractivity (Wildman–Crippen MR) is 112 cm³/mol. The second kappa shape index (κ2) is 8.04. The van der Waals surface area contributed by atoms with Crippen molar-refractivity contribution in [2.75, 3.05) is 0 Å². The number of aromatic amines is 2. The Kier molecular flexibility index (Phi) is 5.50. The lowest BCUT2D eigenvalue weighted by molar-refractivity contribution is 0.101. The third-order valence-corrected chi connectivity index (χ3v) is 4.50. The Balaban J connectivity index is 0.000000171. The van der Waals surface area contributed by atoms with Crippen LogP contribution in [0.15, 0.2) is 58.1 Å². The van der Waals surface area contributed by atoms with E-state index in [1.165, 1.54) is 62.4 Å². The first kappa shape index (κ1) is 20.5. The summed E-state index contributed by atoms with van der Waals surface area (Å²) in [7, 11) is 0. The van der Waals surface area contributed by atoms with Crippen LogP contribution in [0.1, 0.15) is 34.6 Å². The monoisotopic (exact) mass is 406 g/mol. The van der Waals surface area contributed by atoms with Crippen molar-refractivity contribution >= 4 is 33.4 Å². The molecule has 0 atom stereocenters. The number of fused-ring (bicyclic) bond motifs is 2. The van der Waals surface area contributed by atoms with Crippen LogP contribution in [0, 0.1) is 0 Å². The molecule has 4 N–H and O–H groups in total. The molecule has 8 heteroatoms. The number of phenolic OH excluding ortho intramolecular Hbond substituents is 2. The number of benzene rings is 2. The lowest BCUT2D eigenvalue weighted by Crippen LogP contribution is -2.04. The van der Waals surface area contributed by atoms with Crippen molar-refractivity contribution in [1.82, 2.24) is 9.97 Å². The molecular formula is C22H18N2O6. The number of aromatic hydroxyl groups is 2. The Labute approximate surface area is 169 Å². The highest BCUT2D eigenvalue weighted by molar-refractivity contribution is 6.08. The number of ketones is 2. The van der Waals surface area contributed by atoms with Crippen LogP contribution >= 0.6 is 0 Å². The average molecular weight is 406 g/mol. The highest BCUT2D eigenvalue weighted by atomic mass is 16.3. The number of hydrogen-bond acceptors (Lipinski definition) is 6. The highest BCUT2D eigenvalue weighted by Gasteiger charge is 2.10. The van der Waals surface area contributed by atoms with E-state index in [2.05, 4.69) is 9.97 Å². The van der Waals surface area contributed by atoms with E-state index in [1.807, 2.05) is 0 Å². The standard InChI is InChI=1S/2C11H9NO3/c2*1-6(13)7-2-4-9(14)11-8(7)3-5-10(15)12-11/h2*2-5,14H,1H3,(H,12,15). The number of hydrogen-bond donors (Lipinski definition) is 4. The highest BCUT2D eigenvalue weighted by Crippen LogP contribution is 2.25. The summed E-state index contributed by atoms with van der Waals surface area (Å²) < 4.78 is 0. The minimum Gasteiger partial charge on any atom is -0.506 e. The van der Waals surface area contributed by atoms with E-state index < -0.39 is 0 Å². The molecule has 0 aliphatic carbocycles. The Morgan fingerprint density at radius 1 is 0.633 bits per heavy atom. The van der Waals surface area contributed by atoms with Gasteiger partial charge in [0.25, 0.3) is 0 Å². The van der Waals surface area contributed by atoms with Crippen molar-refractivity contribution in [3.8, 4) is 11.5 Å². The van der Waals surface area contributed by atoms with Gasteiger partial charge in [0.2, 0.25) is 11.1 Å². The van der Waals surface area contributed by atoms with Crippen LogP contribution in [0.3, 0.4) is 0 Å². The fraction of sp³-hybridized carbons (Fsp3) is 0.0909. The van der Waals surface area contributed by atoms with Gasteiger partial charge in [-0.25, -0.2) is 0 Å². The molecule has 0 unspecified atom stereocenters. The van der Waals surface area contributed by atoms with Gasteiger partial charge >= 0.3 is 0 Å². The molecule has 0 bridgehead atoms. The molecule has 0 aliphatic rings. The summed E-state index contributed by atoms with van der Waals surface area (Å²) in [4.78, 5) is 49.7. The molecule has 0 saturated carbocycles. The van der Waals surface area contributed by atoms with E-state index in [0.717, 1.165) is 0 Å². The van der Waals surface area contributed by atoms with Crippen LogP contribution in [0.5, 0.6) is 11.5 Å². The third kappa shape index (κ3) is 3.97. The predicted octanol–water partition coefficient (Wildman–Crippen LogP) is 2.87. The number of carbonyl (C=O) groups is 2. The molecule has 152 valence electrons. The number of phenols is 2. The van der Waals surface area contributed by atoms with Crippen molar-refractivity contribution < 1.29 is 19.8 Å². The molecular weight excluding hydrogens is 388 g/mol. The third-order valence-electron chi connectivity index (χ3n) is 4.50. The molecule has 2 aromatic carbocycles. The zero-order valence-electron chi connectivity index (χ0n) is 16.1. The maximum Gasteiger partial charge on any atom is 0.248 e. The summed E-state index contributed by atoms with van der Waals surface area (Å²) in [5, 5.41) is 20.2. The quantitative estimate of drug-likeness (QED) is 0.377. The first-order valence-corrected chi connectivity index (χ1v) is 8.91. The Morgan fingerprint density at radius 2 is 1.00 bits per heavy atom. The fourth-order valence-corrected chi connectivity index (χ4v) is 3.09. The average Bonchev–Trinajstić information content (AvgIpc) is 2.69. The molecule has 4 rings (SSSR count). The van der Waals surface area contributed by atoms with Gasteiger partial charge in [-0.2, -0.15) is 0 Å². The molecule has 0 saturated heterocycles. The van der Waals surface area contributed by atoms with Crippen LogP contribution in [-0.4, -0.2) is 31.7 Å². The summed E-state index contributed by atoms with van der Waals surface area (Å²) in [6.45, 7) is 2.88. The number of nitrogens with one attached hydrogen (secondary N) is 2. The number of pyridine rings is 2. The topological polar surface area (TPSA) is 140 Å². The lowest BCUT2D eigenvalue weighted by atomic mass is 10.1. The summed E-state index contributed by atoms with van der Waals surface area (Å²) in [6.07, 6.45) is 0. The van der Waals surface area contributed by atoms with E-state index >= 15 is 0 Å². The van der Waals surface area contributed by atoms with Crippen LogP contribution in [-0.2, 0) is 0 Å². The van der Waals surface area contributed by atoms with Crippen LogP contribution < -0.4 is 11.1 Å². The smallest absolute Gasteiger partial charge is 0.248 e. The van der Waals surface area contributed by atoms with Crippen molar-refractivity contribution in [3.63, 3.8) is 0 Å². The van der Waals surface area contributed by atoms with Crippen LogP contribution in [0.25, 0.3) is 21.8 Å². The lowest BCUT2D eigenvalue weighted by Gasteiger charge is -2.04. The van der Waals surface area contributed by atoms with Crippen molar-refractivity contribution in [2.24, 2.45) is 0 Å². The summed E-state index contributed by atoms with van der Waals surface area (Å²) in [5.41, 5.74) is 0.959. The Hall–Kier alpha value is -4.20. The molecule has 8 nitrogen and oxygen atoms in total. The molecule has 2 aromatic heterocycles. The molecule has 0 radical (unpaired) electrons. The molecule has 4 aromatic rings. The summed E-state index contributed by atoms with van der Waals surface area (Å²) >= 11 is 0. The van der Waals surface area contributed by atoms with Gasteiger partial charge in [0.1, 0.15) is 11.5 Å². The van der Waals surface area contributed by atoms with Gasteiger partial charge in [0.15, 0.2) is 11.6 Å². The van der Waals surface area contributed by atoms with Gasteiger partial charge < -0.3 is 20.2 Å². The molecule has 0 spiro atoms. The first-order valence-electron chi connectivity index (χ1n) is 8.91. The van der Waals surface area contributed by atoms with Crippen molar-refractivity contribution in [3.05, 3.63) is 80.4 Å². The maximum absolute atomic E-state index is 11.3. The maximum atomic E-state index is 11.3. The zero-order valence-corrected chi connectivity index (χ0v) is 16.1. The number of Topliss-reactive ketones (excluding diaryl/α,β-unsaturated/α-hetero) is 2. The van der Waals surface area contributed by atoms with Gasteiger partial charge in [-0.3, -0.25) is 19.2 Å². The molecule has 0 amide bonds. The second-order valence-electron chi connectivity index (χ2n) is 6.60. The van der Waals surface area contributed by atoms with E-state index in [0.29, 0.717) is 32.9 Å². The minimum absolute atomic E-state index is 0.0345. The molecule has 0 aliphatic heterocycles. The van der Waals surface area contributed by atoms with E-state index in [9.17, 15) is 29.4 Å². The van der Waals surface area contributed by atoms with Gasteiger partial charge in [0.05, 0.1) is 11.0 Å². The van der Waals surface area contributed by atoms with Gasteiger partial charge in [0, 0.05) is 34.0 Å². The van der Waals surface area contributed by atoms with Crippen molar-refractivity contribution in [2.45, 2.75) is 13.8 Å². The fourth-order valence-electron chi connectivity index (χ4n) is 3.09. The number of H-pyrrole nitrogens is 2. The van der Waals surface area contributed by atoms with E-state index in [1.54, 1.807) is 0 Å². The zero-order chi connectivity index (χ0) is 22.0. The van der Waals surface area contributed by atoms with Crippen molar-refractivity contribution in [1.29, 1.82) is 0 Å². The Bertz CT molecular complexity index is 1310. The largest absolute Gasteiger partial charge is 0.506 e. The number of aromatic nitrogens is 2. The van der Waals surface area contributed by atoms with Gasteiger partial charge in [-0.05, 0) is 50.2 Å². The number of rotatable bonds is 2. The van der Waals surface area contributed by atoms with Crippen LogP contribution in [0.4, 0.5) is 0 Å². The van der Waals surface area contributed by atoms with Gasteiger partial charge in [-0.1, -0.05) is 0 Å². The van der Waals surface area contributed by atoms with E-state index in [-0.39, 0.29) is 34.2 Å². The van der Waals surface area contributed by atoms with E-state index in [4.69, 9.17) is 0 Å². The normalized spacial score (nSPS) is 10.5. The molecule has 0 fully saturated rings. The molecule has 30 heavy (non-hydrogen) atoms. The van der Waals surface area contributed by atoms with Gasteiger partial charge in [-0.15, -0.1) is 0 Å². The Morgan fingerprint density at radius 3 is 1.33 bits per heavy atom. The first-order chi connectivity index (χ1) is 14.2.